The maximum absolute atomic E-state index is 8.62. The Morgan fingerprint density at radius 2 is 2.10 bits per heavy atom. The molecule has 20 heavy (non-hydrogen) atoms. The van der Waals surface area contributed by atoms with Crippen molar-refractivity contribution in [1.82, 2.24) is 9.55 Å². The van der Waals surface area contributed by atoms with E-state index in [0.717, 1.165) is 29.8 Å². The van der Waals surface area contributed by atoms with Gasteiger partial charge in [0.25, 0.3) is 0 Å². The van der Waals surface area contributed by atoms with E-state index in [-0.39, 0.29) is 5.71 Å². The van der Waals surface area contributed by atoms with Crippen LogP contribution in [0.15, 0.2) is 23.3 Å². The van der Waals surface area contributed by atoms with Crippen molar-refractivity contribution in [3.05, 3.63) is 24.0 Å². The number of nitriles is 2. The highest BCUT2D eigenvalue weighted by Gasteiger charge is 2.08. The van der Waals surface area contributed by atoms with Crippen molar-refractivity contribution in [2.75, 3.05) is 5.43 Å². The summed E-state index contributed by atoms with van der Waals surface area (Å²) in [7, 11) is 0. The lowest BCUT2D eigenvalue weighted by Gasteiger charge is -2.04. The molecule has 0 aliphatic heterocycles. The number of hydrazone groups is 1. The van der Waals surface area contributed by atoms with Gasteiger partial charge < -0.3 is 4.57 Å². The van der Waals surface area contributed by atoms with Crippen molar-refractivity contribution < 1.29 is 0 Å². The molecule has 0 saturated heterocycles. The maximum atomic E-state index is 8.62. The number of anilines is 1. The van der Waals surface area contributed by atoms with Gasteiger partial charge in [-0.25, -0.2) is 4.98 Å². The van der Waals surface area contributed by atoms with Crippen molar-refractivity contribution in [3.63, 3.8) is 0 Å². The topological polar surface area (TPSA) is 89.8 Å². The number of nitrogens with zero attached hydrogens (tertiary/aromatic N) is 5. The van der Waals surface area contributed by atoms with Crippen molar-refractivity contribution >= 4 is 22.4 Å². The molecule has 1 aromatic heterocycles. The molecule has 100 valence electrons. The molecule has 0 spiro atoms. The standard InChI is InChI=1S/C14H14N6/c1-3-14-17-12-7-10(18-19-11(8-15)9-16)5-6-13(12)20(14)4-2/h5-7,18H,3-4H2,1-2H3. The lowest BCUT2D eigenvalue weighted by Crippen LogP contribution is -1.99. The second-order valence-electron chi connectivity index (χ2n) is 4.13. The first kappa shape index (κ1) is 13.6. The quantitative estimate of drug-likeness (QED) is 0.679. The second kappa shape index (κ2) is 5.85. The predicted molar refractivity (Wildman–Crippen MR) is 77.1 cm³/mol. The van der Waals surface area contributed by atoms with Gasteiger partial charge in [0.2, 0.25) is 5.71 Å². The number of nitrogens with one attached hydrogen (secondary N) is 1. The number of rotatable bonds is 4. The van der Waals surface area contributed by atoms with Crippen LogP contribution in [0.4, 0.5) is 5.69 Å². The Bertz CT molecular complexity index is 725. The number of aromatic nitrogens is 2. The lowest BCUT2D eigenvalue weighted by molar-refractivity contribution is 0.726. The largest absolute Gasteiger partial charge is 0.328 e. The predicted octanol–water partition coefficient (Wildman–Crippen LogP) is 2.43. The number of aryl methyl sites for hydroxylation is 2. The Morgan fingerprint density at radius 3 is 2.70 bits per heavy atom. The third kappa shape index (κ3) is 2.45. The number of fused-ring (bicyclic) bond motifs is 1. The molecule has 0 unspecified atom stereocenters. The highest BCUT2D eigenvalue weighted by Crippen LogP contribution is 2.21. The van der Waals surface area contributed by atoms with Crippen molar-refractivity contribution in [2.24, 2.45) is 5.10 Å². The smallest absolute Gasteiger partial charge is 0.237 e. The maximum Gasteiger partial charge on any atom is 0.237 e. The first-order valence-electron chi connectivity index (χ1n) is 6.36. The van der Waals surface area contributed by atoms with Crippen LogP contribution in [-0.4, -0.2) is 15.3 Å². The van der Waals surface area contributed by atoms with Crippen LogP contribution in [0.25, 0.3) is 11.0 Å². The number of benzene rings is 1. The molecule has 0 aliphatic carbocycles. The van der Waals surface area contributed by atoms with Gasteiger partial charge in [0, 0.05) is 13.0 Å². The van der Waals surface area contributed by atoms with Gasteiger partial charge >= 0.3 is 0 Å². The number of hydrogen-bond acceptors (Lipinski definition) is 5. The van der Waals surface area contributed by atoms with Gasteiger partial charge in [-0.05, 0) is 25.1 Å². The van der Waals surface area contributed by atoms with Crippen LogP contribution in [-0.2, 0) is 13.0 Å². The van der Waals surface area contributed by atoms with Crippen LogP contribution in [0.3, 0.4) is 0 Å². The molecule has 0 amide bonds. The van der Waals surface area contributed by atoms with Crippen LogP contribution in [0.5, 0.6) is 0 Å². The molecule has 1 aromatic carbocycles. The summed E-state index contributed by atoms with van der Waals surface area (Å²) >= 11 is 0. The zero-order chi connectivity index (χ0) is 14.5. The summed E-state index contributed by atoms with van der Waals surface area (Å²) in [4.78, 5) is 4.57. The molecule has 2 rings (SSSR count). The zero-order valence-corrected chi connectivity index (χ0v) is 11.4. The Labute approximate surface area is 117 Å². The molecule has 2 aromatic rings. The van der Waals surface area contributed by atoms with E-state index in [9.17, 15) is 0 Å². The molecule has 0 saturated carbocycles. The Kier molecular flexibility index (Phi) is 3.97. The summed E-state index contributed by atoms with van der Waals surface area (Å²) in [5.74, 6) is 1.04. The fourth-order valence-electron chi connectivity index (χ4n) is 2.07. The zero-order valence-electron chi connectivity index (χ0n) is 11.4. The molecule has 0 fully saturated rings. The third-order valence-corrected chi connectivity index (χ3v) is 2.97. The number of imidazole rings is 1. The molecule has 0 atom stereocenters. The summed E-state index contributed by atoms with van der Waals surface area (Å²) in [6, 6.07) is 9.06. The van der Waals surface area contributed by atoms with Crippen molar-refractivity contribution in [3.8, 4) is 12.1 Å². The second-order valence-corrected chi connectivity index (χ2v) is 4.13. The van der Waals surface area contributed by atoms with Gasteiger partial charge in [-0.2, -0.15) is 15.6 Å². The summed E-state index contributed by atoms with van der Waals surface area (Å²) in [5, 5.41) is 21.0. The minimum Gasteiger partial charge on any atom is -0.328 e. The van der Waals surface area contributed by atoms with E-state index in [2.05, 4.69) is 33.9 Å². The average Bonchev–Trinajstić information content (AvgIpc) is 2.85. The minimum atomic E-state index is -0.210. The normalized spacial score (nSPS) is 9.80. The van der Waals surface area contributed by atoms with E-state index in [4.69, 9.17) is 10.5 Å². The molecule has 0 aliphatic rings. The van der Waals surface area contributed by atoms with Crippen LogP contribution >= 0.6 is 0 Å². The van der Waals surface area contributed by atoms with E-state index in [1.54, 1.807) is 12.1 Å². The third-order valence-electron chi connectivity index (χ3n) is 2.97. The van der Waals surface area contributed by atoms with E-state index in [0.29, 0.717) is 5.69 Å². The van der Waals surface area contributed by atoms with Gasteiger partial charge in [0.15, 0.2) is 0 Å². The highest BCUT2D eigenvalue weighted by molar-refractivity contribution is 6.10. The molecule has 0 radical (unpaired) electrons. The lowest BCUT2D eigenvalue weighted by atomic mass is 10.3. The SMILES string of the molecule is CCc1nc2cc(NN=C(C#N)C#N)ccc2n1CC. The molecule has 0 bridgehead atoms. The molecule has 6 heteroatoms. The Morgan fingerprint density at radius 1 is 1.35 bits per heavy atom. The van der Waals surface area contributed by atoms with Gasteiger partial charge in [0.05, 0.1) is 16.7 Å². The fraction of sp³-hybridized carbons (Fsp3) is 0.286. The van der Waals surface area contributed by atoms with Crippen LogP contribution < -0.4 is 5.43 Å². The summed E-state index contributed by atoms with van der Waals surface area (Å²) in [6.45, 7) is 5.03. The van der Waals surface area contributed by atoms with E-state index in [1.165, 1.54) is 0 Å². The molecule has 1 N–H and O–H groups in total. The van der Waals surface area contributed by atoms with Crippen LogP contribution in [0.2, 0.25) is 0 Å². The fourth-order valence-corrected chi connectivity index (χ4v) is 2.07. The number of hydrogen-bond donors (Lipinski definition) is 1. The first-order chi connectivity index (χ1) is 9.73. The molecular formula is C14H14N6. The van der Waals surface area contributed by atoms with Gasteiger partial charge in [-0.1, -0.05) is 6.92 Å². The average molecular weight is 266 g/mol. The first-order valence-corrected chi connectivity index (χ1v) is 6.36. The van der Waals surface area contributed by atoms with E-state index >= 15 is 0 Å². The summed E-state index contributed by atoms with van der Waals surface area (Å²) in [6.07, 6.45) is 0.871. The minimum absolute atomic E-state index is 0.210. The summed E-state index contributed by atoms with van der Waals surface area (Å²) < 4.78 is 2.17. The Balaban J connectivity index is 2.38. The van der Waals surface area contributed by atoms with Gasteiger partial charge in [-0.15, -0.1) is 0 Å². The van der Waals surface area contributed by atoms with Gasteiger partial charge in [0.1, 0.15) is 18.0 Å². The molecular weight excluding hydrogens is 252 g/mol. The Hall–Kier alpha value is -2.86. The van der Waals surface area contributed by atoms with Gasteiger partial charge in [-0.3, -0.25) is 5.43 Å². The monoisotopic (exact) mass is 266 g/mol. The van der Waals surface area contributed by atoms with E-state index < -0.39 is 0 Å². The molecule has 1 heterocycles. The van der Waals surface area contributed by atoms with Crippen molar-refractivity contribution in [1.29, 1.82) is 10.5 Å². The van der Waals surface area contributed by atoms with Crippen molar-refractivity contribution in [2.45, 2.75) is 26.8 Å². The highest BCUT2D eigenvalue weighted by atomic mass is 15.3. The summed E-state index contributed by atoms with van der Waals surface area (Å²) in [5.41, 5.74) is 5.13. The van der Waals surface area contributed by atoms with E-state index in [1.807, 2.05) is 18.2 Å². The van der Waals surface area contributed by atoms with Crippen LogP contribution in [0, 0.1) is 22.7 Å². The molecule has 6 nitrogen and oxygen atoms in total. The van der Waals surface area contributed by atoms with Crippen LogP contribution in [0.1, 0.15) is 19.7 Å².